The molecule has 1 aliphatic rings. The average molecular weight is 437 g/mol. The third-order valence-corrected chi connectivity index (χ3v) is 5.74. The summed E-state index contributed by atoms with van der Waals surface area (Å²) in [6.45, 7) is 5.75. The van der Waals surface area contributed by atoms with Crippen molar-refractivity contribution >= 4 is 5.91 Å². The molecule has 0 atom stereocenters. The molecule has 0 aliphatic carbocycles. The van der Waals surface area contributed by atoms with Crippen LogP contribution in [0.5, 0.6) is 11.5 Å². The van der Waals surface area contributed by atoms with Gasteiger partial charge in [-0.1, -0.05) is 35.0 Å². The van der Waals surface area contributed by atoms with Crippen molar-refractivity contribution < 1.29 is 19.2 Å². The number of ether oxygens (including phenoxy) is 1. The first-order valence-corrected chi connectivity index (χ1v) is 10.8. The molecule has 0 unspecified atom stereocenters. The van der Waals surface area contributed by atoms with Gasteiger partial charge < -0.3 is 19.3 Å². The molecule has 1 saturated heterocycles. The number of phenolic OH excluding ortho intramolecular Hbond substituents is 1. The van der Waals surface area contributed by atoms with Crippen molar-refractivity contribution in [1.82, 2.24) is 19.9 Å². The summed E-state index contributed by atoms with van der Waals surface area (Å²) < 4.78 is 10.6. The molecular weight excluding hydrogens is 408 g/mol. The van der Waals surface area contributed by atoms with E-state index in [0.29, 0.717) is 30.6 Å². The lowest BCUT2D eigenvalue weighted by atomic mass is 10.1. The molecule has 0 saturated carbocycles. The Labute approximate surface area is 187 Å². The van der Waals surface area contributed by atoms with Gasteiger partial charge in [-0.15, -0.1) is 0 Å². The van der Waals surface area contributed by atoms with E-state index in [2.05, 4.69) is 15.0 Å². The van der Waals surface area contributed by atoms with E-state index >= 15 is 0 Å². The number of amides is 1. The highest BCUT2D eigenvalue weighted by Gasteiger charge is 2.24. The zero-order chi connectivity index (χ0) is 22.5. The smallest absolute Gasteiger partial charge is 0.257 e. The second kappa shape index (κ2) is 9.82. The predicted molar refractivity (Wildman–Crippen MR) is 120 cm³/mol. The fourth-order valence-corrected chi connectivity index (χ4v) is 3.79. The summed E-state index contributed by atoms with van der Waals surface area (Å²) in [5.41, 5.74) is 2.42. The average Bonchev–Trinajstić information content (AvgIpc) is 3.29. The van der Waals surface area contributed by atoms with E-state index in [1.165, 1.54) is 18.7 Å². The normalized spacial score (nSPS) is 14.5. The zero-order valence-electron chi connectivity index (χ0n) is 18.5. The van der Waals surface area contributed by atoms with Gasteiger partial charge in [0.25, 0.3) is 5.91 Å². The van der Waals surface area contributed by atoms with E-state index < -0.39 is 0 Å². The summed E-state index contributed by atoms with van der Waals surface area (Å²) in [4.78, 5) is 21.4. The van der Waals surface area contributed by atoms with Gasteiger partial charge in [-0.05, 0) is 38.1 Å². The van der Waals surface area contributed by atoms with Crippen molar-refractivity contribution in [2.24, 2.45) is 0 Å². The van der Waals surface area contributed by atoms with Crippen molar-refractivity contribution in [3.8, 4) is 22.9 Å². The van der Waals surface area contributed by atoms with Gasteiger partial charge in [-0.25, -0.2) is 0 Å². The molecule has 0 spiro atoms. The van der Waals surface area contributed by atoms with Crippen LogP contribution in [-0.2, 0) is 6.42 Å². The molecule has 2 aromatic carbocycles. The molecule has 32 heavy (non-hydrogen) atoms. The van der Waals surface area contributed by atoms with E-state index in [-0.39, 0.29) is 17.2 Å². The largest absolute Gasteiger partial charge is 0.507 e. The van der Waals surface area contributed by atoms with E-state index in [0.717, 1.165) is 38.0 Å². The molecule has 1 fully saturated rings. The van der Waals surface area contributed by atoms with Crippen LogP contribution in [0.1, 0.15) is 28.2 Å². The van der Waals surface area contributed by atoms with Crippen LogP contribution in [0, 0.1) is 6.92 Å². The topological polar surface area (TPSA) is 91.9 Å². The predicted octanol–water partition coefficient (Wildman–Crippen LogP) is 3.15. The van der Waals surface area contributed by atoms with Gasteiger partial charge in [0.05, 0.1) is 12.7 Å². The SMILES string of the molecule is COc1ccc(O)c(C(=O)N2CCN(CCCc3nc(-c4ccc(C)cc4)no3)CC2)c1. The Bertz CT molecular complexity index is 1060. The summed E-state index contributed by atoms with van der Waals surface area (Å²) in [5, 5.41) is 14.1. The Morgan fingerprint density at radius 1 is 1.12 bits per heavy atom. The summed E-state index contributed by atoms with van der Waals surface area (Å²) in [7, 11) is 1.54. The first kappa shape index (κ1) is 21.8. The number of carbonyl (C=O) groups is 1. The van der Waals surface area contributed by atoms with Crippen LogP contribution in [0.3, 0.4) is 0 Å². The minimum absolute atomic E-state index is 0.0252. The second-order valence-electron chi connectivity index (χ2n) is 8.00. The number of aryl methyl sites for hydroxylation is 2. The summed E-state index contributed by atoms with van der Waals surface area (Å²) in [5.74, 6) is 1.62. The van der Waals surface area contributed by atoms with Gasteiger partial charge in [0.15, 0.2) is 0 Å². The van der Waals surface area contributed by atoms with Crippen molar-refractivity contribution in [1.29, 1.82) is 0 Å². The quantitative estimate of drug-likeness (QED) is 0.608. The van der Waals surface area contributed by atoms with Crippen LogP contribution in [0.25, 0.3) is 11.4 Å². The highest BCUT2D eigenvalue weighted by Crippen LogP contribution is 2.25. The van der Waals surface area contributed by atoms with Gasteiger partial charge >= 0.3 is 0 Å². The molecule has 1 amide bonds. The second-order valence-corrected chi connectivity index (χ2v) is 8.00. The molecule has 3 aromatic rings. The lowest BCUT2D eigenvalue weighted by molar-refractivity contribution is 0.0632. The van der Waals surface area contributed by atoms with Gasteiger partial charge in [0, 0.05) is 38.2 Å². The number of hydrogen-bond donors (Lipinski definition) is 1. The molecule has 168 valence electrons. The maximum absolute atomic E-state index is 12.8. The van der Waals surface area contributed by atoms with E-state index in [1.807, 2.05) is 31.2 Å². The number of methoxy groups -OCH3 is 1. The highest BCUT2D eigenvalue weighted by molar-refractivity contribution is 5.97. The van der Waals surface area contributed by atoms with Crippen LogP contribution in [0.2, 0.25) is 0 Å². The fraction of sp³-hybridized carbons (Fsp3) is 0.375. The molecule has 1 N–H and O–H groups in total. The number of piperazine rings is 1. The van der Waals surface area contributed by atoms with Crippen molar-refractivity contribution in [2.75, 3.05) is 39.8 Å². The first-order chi connectivity index (χ1) is 15.5. The molecule has 4 rings (SSSR count). The van der Waals surface area contributed by atoms with Crippen LogP contribution >= 0.6 is 0 Å². The summed E-state index contributed by atoms with van der Waals surface area (Å²) in [6, 6.07) is 12.8. The third kappa shape index (κ3) is 5.08. The molecular formula is C24H28N4O4. The summed E-state index contributed by atoms with van der Waals surface area (Å²) >= 11 is 0. The molecule has 8 nitrogen and oxygen atoms in total. The molecule has 2 heterocycles. The minimum Gasteiger partial charge on any atom is -0.507 e. The van der Waals surface area contributed by atoms with Gasteiger partial charge in [0.2, 0.25) is 11.7 Å². The number of aromatic hydroxyl groups is 1. The lowest BCUT2D eigenvalue weighted by Crippen LogP contribution is -2.48. The lowest BCUT2D eigenvalue weighted by Gasteiger charge is -2.34. The van der Waals surface area contributed by atoms with Gasteiger partial charge in [-0.3, -0.25) is 9.69 Å². The fourth-order valence-electron chi connectivity index (χ4n) is 3.79. The minimum atomic E-state index is -0.171. The number of carbonyl (C=O) groups excluding carboxylic acids is 1. The Morgan fingerprint density at radius 3 is 2.59 bits per heavy atom. The molecule has 8 heteroatoms. The first-order valence-electron chi connectivity index (χ1n) is 10.8. The standard InChI is InChI=1S/C24H28N4O4/c1-17-5-7-18(8-6-17)23-25-22(32-26-23)4-3-11-27-12-14-28(15-13-27)24(30)20-16-19(31-2)9-10-21(20)29/h5-10,16,29H,3-4,11-15H2,1-2H3. The maximum Gasteiger partial charge on any atom is 0.257 e. The number of nitrogens with zero attached hydrogens (tertiary/aromatic N) is 4. The number of hydrogen-bond acceptors (Lipinski definition) is 7. The Morgan fingerprint density at radius 2 is 1.88 bits per heavy atom. The van der Waals surface area contributed by atoms with E-state index in [4.69, 9.17) is 9.26 Å². The van der Waals surface area contributed by atoms with Crippen molar-refractivity contribution in [3.63, 3.8) is 0 Å². The van der Waals surface area contributed by atoms with Crippen molar-refractivity contribution in [3.05, 3.63) is 59.5 Å². The number of aromatic nitrogens is 2. The highest BCUT2D eigenvalue weighted by atomic mass is 16.5. The number of phenols is 1. The van der Waals surface area contributed by atoms with Crippen molar-refractivity contribution in [2.45, 2.75) is 19.8 Å². The number of rotatable bonds is 7. The van der Waals surface area contributed by atoms with Crippen LogP contribution in [-0.4, -0.2) is 70.8 Å². The Balaban J connectivity index is 1.24. The third-order valence-electron chi connectivity index (χ3n) is 5.74. The number of benzene rings is 2. The van der Waals surface area contributed by atoms with Gasteiger partial charge in [-0.2, -0.15) is 4.98 Å². The monoisotopic (exact) mass is 436 g/mol. The Hall–Kier alpha value is -3.39. The summed E-state index contributed by atoms with van der Waals surface area (Å²) in [6.07, 6.45) is 1.62. The Kier molecular flexibility index (Phi) is 6.70. The van der Waals surface area contributed by atoms with Crippen LogP contribution < -0.4 is 4.74 Å². The van der Waals surface area contributed by atoms with Gasteiger partial charge in [0.1, 0.15) is 11.5 Å². The molecule has 0 bridgehead atoms. The maximum atomic E-state index is 12.8. The molecule has 1 aromatic heterocycles. The molecule has 1 aliphatic heterocycles. The van der Waals surface area contributed by atoms with Crippen LogP contribution in [0.15, 0.2) is 47.0 Å². The molecule has 0 radical (unpaired) electrons. The van der Waals surface area contributed by atoms with E-state index in [1.54, 1.807) is 17.0 Å². The van der Waals surface area contributed by atoms with E-state index in [9.17, 15) is 9.90 Å². The van der Waals surface area contributed by atoms with Crippen LogP contribution in [0.4, 0.5) is 0 Å². The zero-order valence-corrected chi connectivity index (χ0v) is 18.5.